The lowest BCUT2D eigenvalue weighted by atomic mass is 9.97. The lowest BCUT2D eigenvalue weighted by molar-refractivity contribution is -0.135. The molecule has 138 valence electrons. The van der Waals surface area contributed by atoms with Gasteiger partial charge in [0.25, 0.3) is 0 Å². The van der Waals surface area contributed by atoms with Crippen LogP contribution in [-0.4, -0.2) is 38.8 Å². The van der Waals surface area contributed by atoms with Gasteiger partial charge in [0.2, 0.25) is 5.91 Å². The molecule has 7 nitrogen and oxygen atoms in total. The molecule has 1 saturated carbocycles. The second-order valence-electron chi connectivity index (χ2n) is 7.43. The molecule has 1 aliphatic heterocycles. The van der Waals surface area contributed by atoms with E-state index in [9.17, 15) is 4.79 Å². The van der Waals surface area contributed by atoms with Crippen molar-refractivity contribution < 1.29 is 9.53 Å². The average molecular weight is 355 g/mol. The summed E-state index contributed by atoms with van der Waals surface area (Å²) in [7, 11) is 0. The lowest BCUT2D eigenvalue weighted by Crippen LogP contribution is -2.53. The highest BCUT2D eigenvalue weighted by molar-refractivity contribution is 5.84. The largest absolute Gasteiger partial charge is 0.370 e. The van der Waals surface area contributed by atoms with Crippen molar-refractivity contribution in [2.24, 2.45) is 0 Å². The van der Waals surface area contributed by atoms with Gasteiger partial charge in [0, 0.05) is 24.9 Å². The number of hydrogen-bond acceptors (Lipinski definition) is 5. The fourth-order valence-corrected chi connectivity index (χ4v) is 4.04. The Morgan fingerprint density at radius 2 is 2.23 bits per heavy atom. The van der Waals surface area contributed by atoms with E-state index >= 15 is 0 Å². The van der Waals surface area contributed by atoms with Crippen molar-refractivity contribution in [2.75, 3.05) is 13.2 Å². The van der Waals surface area contributed by atoms with Crippen molar-refractivity contribution >= 4 is 5.91 Å². The fraction of sp³-hybridized carbons (Fsp3) is 0.579. The first kappa shape index (κ1) is 17.1. The minimum atomic E-state index is -0.802. The van der Waals surface area contributed by atoms with Gasteiger partial charge in [-0.2, -0.15) is 0 Å². The molecule has 1 atom stereocenters. The number of fused-ring (bicyclic) bond motifs is 1. The van der Waals surface area contributed by atoms with Crippen molar-refractivity contribution in [1.29, 1.82) is 0 Å². The van der Waals surface area contributed by atoms with Gasteiger partial charge >= 0.3 is 0 Å². The molecule has 1 amide bonds. The molecule has 1 aliphatic carbocycles. The summed E-state index contributed by atoms with van der Waals surface area (Å²) in [6.07, 6.45) is 9.01. The van der Waals surface area contributed by atoms with Gasteiger partial charge < -0.3 is 10.1 Å². The van der Waals surface area contributed by atoms with Crippen LogP contribution in [0, 0.1) is 0 Å². The summed E-state index contributed by atoms with van der Waals surface area (Å²) in [5.74, 6) is 2.06. The van der Waals surface area contributed by atoms with Crippen LogP contribution in [0.4, 0.5) is 0 Å². The summed E-state index contributed by atoms with van der Waals surface area (Å²) < 4.78 is 7.73. The van der Waals surface area contributed by atoms with Gasteiger partial charge in [-0.3, -0.25) is 14.3 Å². The minimum Gasteiger partial charge on any atom is -0.370 e. The lowest BCUT2D eigenvalue weighted by Gasteiger charge is -2.36. The van der Waals surface area contributed by atoms with Crippen molar-refractivity contribution in [3.8, 4) is 0 Å². The van der Waals surface area contributed by atoms with Gasteiger partial charge in [-0.05, 0) is 37.8 Å². The van der Waals surface area contributed by atoms with Gasteiger partial charge in [0.05, 0.1) is 6.61 Å². The van der Waals surface area contributed by atoms with Crippen LogP contribution in [0.2, 0.25) is 0 Å². The predicted molar refractivity (Wildman–Crippen MR) is 95.5 cm³/mol. The van der Waals surface area contributed by atoms with Crippen molar-refractivity contribution in [3.05, 3.63) is 41.7 Å². The molecule has 2 aromatic heterocycles. The SMILES string of the molecule is CC1(C(=O)NCCc2cccnc2)COCc2nnc(C3CCCC3)n21. The average Bonchev–Trinajstić information content (AvgIpc) is 3.32. The third kappa shape index (κ3) is 3.11. The zero-order chi connectivity index (χ0) is 18.0. The van der Waals surface area contributed by atoms with E-state index in [0.29, 0.717) is 25.7 Å². The maximum atomic E-state index is 13.1. The Hall–Kier alpha value is -2.28. The Morgan fingerprint density at radius 1 is 1.38 bits per heavy atom. The molecule has 4 rings (SSSR count). The van der Waals surface area contributed by atoms with E-state index in [0.717, 1.165) is 36.5 Å². The molecule has 0 bridgehead atoms. The summed E-state index contributed by atoms with van der Waals surface area (Å²) in [4.78, 5) is 17.2. The zero-order valence-corrected chi connectivity index (χ0v) is 15.1. The normalized spacial score (nSPS) is 23.0. The number of carbonyl (C=O) groups excluding carboxylic acids is 1. The molecule has 1 N–H and O–H groups in total. The van der Waals surface area contributed by atoms with Crippen LogP contribution in [0.15, 0.2) is 24.5 Å². The van der Waals surface area contributed by atoms with E-state index in [1.807, 2.05) is 29.8 Å². The van der Waals surface area contributed by atoms with Gasteiger partial charge in [0.15, 0.2) is 5.82 Å². The summed E-state index contributed by atoms with van der Waals surface area (Å²) in [6, 6.07) is 3.92. The Bertz CT molecular complexity index is 769. The van der Waals surface area contributed by atoms with Gasteiger partial charge in [0.1, 0.15) is 18.0 Å². The Kier molecular flexibility index (Phi) is 4.72. The van der Waals surface area contributed by atoms with E-state index in [4.69, 9.17) is 4.74 Å². The van der Waals surface area contributed by atoms with Crippen LogP contribution < -0.4 is 5.32 Å². The second-order valence-corrected chi connectivity index (χ2v) is 7.43. The Morgan fingerprint density at radius 3 is 3.00 bits per heavy atom. The number of nitrogens with one attached hydrogen (secondary N) is 1. The molecular formula is C19H25N5O2. The molecule has 0 radical (unpaired) electrons. The van der Waals surface area contributed by atoms with Gasteiger partial charge in [-0.1, -0.05) is 18.9 Å². The molecule has 3 heterocycles. The van der Waals surface area contributed by atoms with Gasteiger partial charge in [-0.15, -0.1) is 10.2 Å². The molecule has 1 fully saturated rings. The highest BCUT2D eigenvalue weighted by Crippen LogP contribution is 2.37. The van der Waals surface area contributed by atoms with E-state index in [-0.39, 0.29) is 5.91 Å². The highest BCUT2D eigenvalue weighted by atomic mass is 16.5. The molecule has 0 saturated heterocycles. The van der Waals surface area contributed by atoms with Crippen LogP contribution in [0.5, 0.6) is 0 Å². The number of rotatable bonds is 5. The summed E-state index contributed by atoms with van der Waals surface area (Å²) in [6.45, 7) is 3.25. The molecule has 0 spiro atoms. The maximum Gasteiger partial charge on any atom is 0.248 e. The first-order valence-electron chi connectivity index (χ1n) is 9.38. The number of ether oxygens (including phenoxy) is 1. The summed E-state index contributed by atoms with van der Waals surface area (Å²) >= 11 is 0. The predicted octanol–water partition coefficient (Wildman–Crippen LogP) is 1.93. The summed E-state index contributed by atoms with van der Waals surface area (Å²) in [5, 5.41) is 11.8. The van der Waals surface area contributed by atoms with E-state index in [1.165, 1.54) is 12.8 Å². The summed E-state index contributed by atoms with van der Waals surface area (Å²) in [5.41, 5.74) is 0.304. The van der Waals surface area contributed by atoms with Crippen LogP contribution >= 0.6 is 0 Å². The Balaban J connectivity index is 1.51. The molecule has 7 heteroatoms. The number of amides is 1. The number of aromatic nitrogens is 4. The Labute approximate surface area is 153 Å². The first-order chi connectivity index (χ1) is 12.7. The van der Waals surface area contributed by atoms with Crippen LogP contribution in [0.3, 0.4) is 0 Å². The van der Waals surface area contributed by atoms with Gasteiger partial charge in [-0.25, -0.2) is 0 Å². The quantitative estimate of drug-likeness (QED) is 0.886. The molecule has 26 heavy (non-hydrogen) atoms. The third-order valence-electron chi connectivity index (χ3n) is 5.49. The first-order valence-corrected chi connectivity index (χ1v) is 9.38. The van der Waals surface area contributed by atoms with E-state index < -0.39 is 5.54 Å². The van der Waals surface area contributed by atoms with Crippen molar-refractivity contribution in [1.82, 2.24) is 25.1 Å². The van der Waals surface area contributed by atoms with Crippen molar-refractivity contribution in [3.63, 3.8) is 0 Å². The third-order valence-corrected chi connectivity index (χ3v) is 5.49. The number of nitrogens with zero attached hydrogens (tertiary/aromatic N) is 4. The number of hydrogen-bond donors (Lipinski definition) is 1. The van der Waals surface area contributed by atoms with Crippen LogP contribution in [-0.2, 0) is 28.1 Å². The smallest absolute Gasteiger partial charge is 0.248 e. The fourth-order valence-electron chi connectivity index (χ4n) is 4.04. The molecular weight excluding hydrogens is 330 g/mol. The molecule has 2 aromatic rings. The van der Waals surface area contributed by atoms with Crippen LogP contribution in [0.25, 0.3) is 0 Å². The maximum absolute atomic E-state index is 13.1. The highest BCUT2D eigenvalue weighted by Gasteiger charge is 2.43. The monoisotopic (exact) mass is 355 g/mol. The minimum absolute atomic E-state index is 0.0404. The van der Waals surface area contributed by atoms with Crippen LogP contribution in [0.1, 0.15) is 55.7 Å². The number of carbonyl (C=O) groups is 1. The topological polar surface area (TPSA) is 81.9 Å². The van der Waals surface area contributed by atoms with E-state index in [1.54, 1.807) is 6.20 Å². The number of pyridine rings is 1. The molecule has 2 aliphatic rings. The van der Waals surface area contributed by atoms with Crippen molar-refractivity contribution in [2.45, 2.75) is 57.1 Å². The standard InChI is InChI=1S/C19H25N5O2/c1-19(18(25)21-10-8-14-5-4-9-20-11-14)13-26-12-16-22-23-17(24(16)19)15-6-2-3-7-15/h4-5,9,11,15H,2-3,6-8,10,12-13H2,1H3,(H,21,25). The zero-order valence-electron chi connectivity index (χ0n) is 15.1. The van der Waals surface area contributed by atoms with E-state index in [2.05, 4.69) is 20.5 Å². The second kappa shape index (κ2) is 7.15. The molecule has 0 aromatic carbocycles. The molecule has 1 unspecified atom stereocenters.